The smallest absolute Gasteiger partial charge is 0.258 e. The van der Waals surface area contributed by atoms with Gasteiger partial charge in [-0.25, -0.2) is 0 Å². The molecular formula is C27H30N2O3S. The molecule has 0 fully saturated rings. The summed E-state index contributed by atoms with van der Waals surface area (Å²) in [6.45, 7) is 6.81. The van der Waals surface area contributed by atoms with Gasteiger partial charge in [-0.3, -0.25) is 9.59 Å². The average molecular weight is 463 g/mol. The SMILES string of the molecule is COc1ccc(NC(=O)c2c(NC(=O)c3ccccc3)sc3c2CCC(C(C)(C)C)C3)cc1. The third-order valence-corrected chi connectivity index (χ3v) is 7.50. The summed E-state index contributed by atoms with van der Waals surface area (Å²) in [6.07, 6.45) is 2.79. The van der Waals surface area contributed by atoms with Gasteiger partial charge in [-0.15, -0.1) is 11.3 Å². The Morgan fingerprint density at radius 1 is 0.970 bits per heavy atom. The molecule has 0 saturated heterocycles. The number of benzene rings is 2. The lowest BCUT2D eigenvalue weighted by Crippen LogP contribution is -2.27. The standard InChI is InChI=1S/C27H30N2O3S/c1-27(2,3)18-10-15-21-22(16-18)33-26(29-24(30)17-8-6-5-7-9-17)23(21)25(31)28-19-11-13-20(32-4)14-12-19/h5-9,11-14,18H,10,15-16H2,1-4H3,(H,28,31)(H,29,30). The minimum atomic E-state index is -0.208. The van der Waals surface area contributed by atoms with Gasteiger partial charge in [-0.2, -0.15) is 0 Å². The number of carbonyl (C=O) groups excluding carboxylic acids is 2. The highest BCUT2D eigenvalue weighted by Gasteiger charge is 2.34. The molecule has 5 nitrogen and oxygen atoms in total. The molecule has 1 aliphatic rings. The molecule has 0 aliphatic heterocycles. The maximum atomic E-state index is 13.4. The van der Waals surface area contributed by atoms with Crippen molar-refractivity contribution in [3.63, 3.8) is 0 Å². The number of fused-ring (bicyclic) bond motifs is 1. The van der Waals surface area contributed by atoms with Gasteiger partial charge in [0.2, 0.25) is 0 Å². The van der Waals surface area contributed by atoms with Crippen LogP contribution in [-0.4, -0.2) is 18.9 Å². The van der Waals surface area contributed by atoms with Crippen LogP contribution in [-0.2, 0) is 12.8 Å². The molecule has 0 saturated carbocycles. The first kappa shape index (κ1) is 23.1. The minimum Gasteiger partial charge on any atom is -0.497 e. The van der Waals surface area contributed by atoms with E-state index in [9.17, 15) is 9.59 Å². The summed E-state index contributed by atoms with van der Waals surface area (Å²) in [5.41, 5.74) is 3.10. The van der Waals surface area contributed by atoms with Crippen molar-refractivity contribution >= 4 is 33.8 Å². The van der Waals surface area contributed by atoms with Gasteiger partial charge < -0.3 is 15.4 Å². The molecule has 2 N–H and O–H groups in total. The molecule has 1 unspecified atom stereocenters. The van der Waals surface area contributed by atoms with E-state index in [0.29, 0.717) is 27.7 Å². The highest BCUT2D eigenvalue weighted by atomic mass is 32.1. The van der Waals surface area contributed by atoms with Crippen molar-refractivity contribution in [3.05, 3.63) is 76.2 Å². The summed E-state index contributed by atoms with van der Waals surface area (Å²) in [5, 5.41) is 6.64. The van der Waals surface area contributed by atoms with Gasteiger partial charge in [0.05, 0.1) is 12.7 Å². The minimum absolute atomic E-state index is 0.195. The second kappa shape index (κ2) is 9.40. The average Bonchev–Trinajstić information content (AvgIpc) is 3.16. The maximum absolute atomic E-state index is 13.4. The molecule has 2 aromatic carbocycles. The number of nitrogens with one attached hydrogen (secondary N) is 2. The Bertz CT molecular complexity index is 1140. The normalized spacial score (nSPS) is 15.5. The number of rotatable bonds is 5. The number of amides is 2. The van der Waals surface area contributed by atoms with Crippen LogP contribution in [0.1, 0.15) is 58.3 Å². The lowest BCUT2D eigenvalue weighted by Gasteiger charge is -2.33. The zero-order chi connectivity index (χ0) is 23.6. The van der Waals surface area contributed by atoms with E-state index >= 15 is 0 Å². The number of carbonyl (C=O) groups is 2. The molecule has 33 heavy (non-hydrogen) atoms. The van der Waals surface area contributed by atoms with Gasteiger partial charge in [0, 0.05) is 16.1 Å². The van der Waals surface area contributed by atoms with Crippen LogP contribution < -0.4 is 15.4 Å². The lowest BCUT2D eigenvalue weighted by atomic mass is 9.72. The molecule has 2 amide bonds. The summed E-state index contributed by atoms with van der Waals surface area (Å²) in [6, 6.07) is 16.3. The molecule has 1 aliphatic carbocycles. The second-order valence-corrected chi connectivity index (χ2v) is 10.6. The van der Waals surface area contributed by atoms with Crippen molar-refractivity contribution in [2.24, 2.45) is 11.3 Å². The van der Waals surface area contributed by atoms with Crippen molar-refractivity contribution in [1.29, 1.82) is 0 Å². The topological polar surface area (TPSA) is 67.4 Å². The van der Waals surface area contributed by atoms with Crippen LogP contribution in [0.5, 0.6) is 5.75 Å². The van der Waals surface area contributed by atoms with Crippen LogP contribution in [0.3, 0.4) is 0 Å². The molecule has 1 heterocycles. The first-order valence-electron chi connectivity index (χ1n) is 11.2. The predicted octanol–water partition coefficient (Wildman–Crippen LogP) is 6.41. The van der Waals surface area contributed by atoms with Crippen LogP contribution in [0.2, 0.25) is 0 Å². The summed E-state index contributed by atoms with van der Waals surface area (Å²) in [5.74, 6) is 0.860. The van der Waals surface area contributed by atoms with E-state index in [1.807, 2.05) is 42.5 Å². The first-order valence-corrected chi connectivity index (χ1v) is 12.0. The monoisotopic (exact) mass is 462 g/mol. The summed E-state index contributed by atoms with van der Waals surface area (Å²) in [7, 11) is 1.61. The fourth-order valence-electron chi connectivity index (χ4n) is 4.29. The van der Waals surface area contributed by atoms with Crippen molar-refractivity contribution in [1.82, 2.24) is 0 Å². The van der Waals surface area contributed by atoms with Crippen LogP contribution in [0.4, 0.5) is 10.7 Å². The lowest BCUT2D eigenvalue weighted by molar-refractivity contribution is 0.102. The Hall–Kier alpha value is -3.12. The van der Waals surface area contributed by atoms with Gasteiger partial charge in [-0.05, 0) is 72.6 Å². The predicted molar refractivity (Wildman–Crippen MR) is 135 cm³/mol. The molecule has 6 heteroatoms. The van der Waals surface area contributed by atoms with Crippen LogP contribution >= 0.6 is 11.3 Å². The van der Waals surface area contributed by atoms with E-state index in [0.717, 1.165) is 30.6 Å². The van der Waals surface area contributed by atoms with Crippen LogP contribution in [0.15, 0.2) is 54.6 Å². The quantitative estimate of drug-likeness (QED) is 0.460. The Balaban J connectivity index is 1.66. The van der Waals surface area contributed by atoms with E-state index in [-0.39, 0.29) is 17.2 Å². The number of ether oxygens (including phenoxy) is 1. The molecule has 0 radical (unpaired) electrons. The fourth-order valence-corrected chi connectivity index (χ4v) is 5.61. The molecule has 4 rings (SSSR count). The van der Waals surface area contributed by atoms with Crippen LogP contribution in [0, 0.1) is 11.3 Å². The highest BCUT2D eigenvalue weighted by Crippen LogP contribution is 2.44. The first-order chi connectivity index (χ1) is 15.8. The Kier molecular flexibility index (Phi) is 6.56. The zero-order valence-electron chi connectivity index (χ0n) is 19.5. The van der Waals surface area contributed by atoms with Gasteiger partial charge in [0.15, 0.2) is 0 Å². The van der Waals surface area contributed by atoms with Crippen LogP contribution in [0.25, 0.3) is 0 Å². The number of hydrogen-bond donors (Lipinski definition) is 2. The van der Waals surface area contributed by atoms with E-state index in [1.165, 1.54) is 16.2 Å². The Labute approximate surface area is 199 Å². The molecule has 0 bridgehead atoms. The molecule has 1 atom stereocenters. The van der Waals surface area contributed by atoms with Crippen molar-refractivity contribution in [2.75, 3.05) is 17.7 Å². The largest absolute Gasteiger partial charge is 0.497 e. The van der Waals surface area contributed by atoms with E-state index < -0.39 is 0 Å². The fraction of sp³-hybridized carbons (Fsp3) is 0.333. The van der Waals surface area contributed by atoms with E-state index in [1.54, 1.807) is 19.2 Å². The second-order valence-electron chi connectivity index (χ2n) is 9.52. The molecule has 172 valence electrons. The van der Waals surface area contributed by atoms with Gasteiger partial charge in [0.1, 0.15) is 10.8 Å². The Morgan fingerprint density at radius 2 is 1.67 bits per heavy atom. The highest BCUT2D eigenvalue weighted by molar-refractivity contribution is 7.17. The van der Waals surface area contributed by atoms with Crippen molar-refractivity contribution < 1.29 is 14.3 Å². The summed E-state index contributed by atoms with van der Waals surface area (Å²) in [4.78, 5) is 27.5. The number of anilines is 2. The molecule has 3 aromatic rings. The van der Waals surface area contributed by atoms with E-state index in [2.05, 4.69) is 31.4 Å². The van der Waals surface area contributed by atoms with Gasteiger partial charge in [0.25, 0.3) is 11.8 Å². The summed E-state index contributed by atoms with van der Waals surface area (Å²) < 4.78 is 5.20. The van der Waals surface area contributed by atoms with Crippen molar-refractivity contribution in [2.45, 2.75) is 40.0 Å². The summed E-state index contributed by atoms with van der Waals surface area (Å²) >= 11 is 1.54. The molecule has 0 spiro atoms. The number of methoxy groups -OCH3 is 1. The zero-order valence-corrected chi connectivity index (χ0v) is 20.3. The number of hydrogen-bond acceptors (Lipinski definition) is 4. The van der Waals surface area contributed by atoms with Gasteiger partial charge in [-0.1, -0.05) is 39.0 Å². The third-order valence-electron chi connectivity index (χ3n) is 6.33. The Morgan fingerprint density at radius 3 is 2.30 bits per heavy atom. The molecule has 1 aromatic heterocycles. The van der Waals surface area contributed by atoms with E-state index in [4.69, 9.17) is 4.74 Å². The molecular weight excluding hydrogens is 432 g/mol. The van der Waals surface area contributed by atoms with Crippen molar-refractivity contribution in [3.8, 4) is 5.75 Å². The van der Waals surface area contributed by atoms with Gasteiger partial charge >= 0.3 is 0 Å². The number of thiophene rings is 1. The maximum Gasteiger partial charge on any atom is 0.258 e. The third kappa shape index (κ3) is 5.11.